The number of phenols is 2. The number of anilines is 1. The zero-order chi connectivity index (χ0) is 19.7. The zero-order valence-corrected chi connectivity index (χ0v) is 16.6. The van der Waals surface area contributed by atoms with Gasteiger partial charge in [-0.1, -0.05) is 6.92 Å². The van der Waals surface area contributed by atoms with Crippen LogP contribution in [0.3, 0.4) is 0 Å². The molecular weight excluding hydrogens is 362 g/mol. The molecule has 2 aromatic carbocycles. The smallest absolute Gasteiger partial charge is 0.182 e. The SMILES string of the molecule is CCc1cc(-c2c[nH]c(=S)n2-c2ccc(OC)c(N(C)C)c2)c(O)cc1O. The molecule has 0 atom stereocenters. The predicted molar refractivity (Wildman–Crippen MR) is 110 cm³/mol. The average Bonchev–Trinajstić information content (AvgIpc) is 3.02. The van der Waals surface area contributed by atoms with Crippen LogP contribution < -0.4 is 9.64 Å². The number of aromatic hydroxyl groups is 2. The average molecular weight is 385 g/mol. The molecule has 1 heterocycles. The Hall–Kier alpha value is -2.93. The number of aromatic nitrogens is 2. The molecular formula is C20H23N3O3S. The lowest BCUT2D eigenvalue weighted by Crippen LogP contribution is -2.11. The second-order valence-electron chi connectivity index (χ2n) is 6.42. The summed E-state index contributed by atoms with van der Waals surface area (Å²) in [4.78, 5) is 5.01. The summed E-state index contributed by atoms with van der Waals surface area (Å²) in [5.41, 5.74) is 3.81. The summed E-state index contributed by atoms with van der Waals surface area (Å²) in [7, 11) is 5.52. The summed E-state index contributed by atoms with van der Waals surface area (Å²) in [5.74, 6) is 0.834. The van der Waals surface area contributed by atoms with Gasteiger partial charge in [0, 0.05) is 31.9 Å². The molecule has 7 heteroatoms. The van der Waals surface area contributed by atoms with Gasteiger partial charge in [0.05, 0.1) is 24.2 Å². The van der Waals surface area contributed by atoms with E-state index in [9.17, 15) is 10.2 Å². The van der Waals surface area contributed by atoms with Crippen LogP contribution in [0.2, 0.25) is 0 Å². The Labute approximate surface area is 163 Å². The van der Waals surface area contributed by atoms with Crippen molar-refractivity contribution >= 4 is 17.9 Å². The third-order valence-corrected chi connectivity index (χ3v) is 4.83. The van der Waals surface area contributed by atoms with E-state index in [0.717, 1.165) is 22.7 Å². The van der Waals surface area contributed by atoms with Gasteiger partial charge in [-0.15, -0.1) is 0 Å². The van der Waals surface area contributed by atoms with Crippen LogP contribution in [-0.2, 0) is 6.42 Å². The number of hydrogen-bond acceptors (Lipinski definition) is 5. The maximum atomic E-state index is 10.4. The highest BCUT2D eigenvalue weighted by atomic mass is 32.1. The Bertz CT molecular complexity index is 1040. The quantitative estimate of drug-likeness (QED) is 0.573. The first-order valence-electron chi connectivity index (χ1n) is 8.58. The van der Waals surface area contributed by atoms with Crippen molar-refractivity contribution in [3.8, 4) is 34.2 Å². The minimum atomic E-state index is -0.00575. The molecule has 6 nitrogen and oxygen atoms in total. The van der Waals surface area contributed by atoms with Gasteiger partial charge in [0.25, 0.3) is 0 Å². The van der Waals surface area contributed by atoms with Crippen molar-refractivity contribution in [3.05, 3.63) is 46.9 Å². The Balaban J connectivity index is 2.23. The van der Waals surface area contributed by atoms with Gasteiger partial charge >= 0.3 is 0 Å². The van der Waals surface area contributed by atoms with Gasteiger partial charge in [0.15, 0.2) is 4.77 Å². The largest absolute Gasteiger partial charge is 0.508 e. The van der Waals surface area contributed by atoms with Crippen molar-refractivity contribution in [1.29, 1.82) is 0 Å². The van der Waals surface area contributed by atoms with E-state index in [-0.39, 0.29) is 11.5 Å². The summed E-state index contributed by atoms with van der Waals surface area (Å²) < 4.78 is 7.79. The molecule has 3 N–H and O–H groups in total. The molecule has 142 valence electrons. The van der Waals surface area contributed by atoms with Crippen molar-refractivity contribution in [2.24, 2.45) is 0 Å². The number of hydrogen-bond donors (Lipinski definition) is 3. The van der Waals surface area contributed by atoms with Crippen LogP contribution >= 0.6 is 12.2 Å². The fourth-order valence-corrected chi connectivity index (χ4v) is 3.36. The summed E-state index contributed by atoms with van der Waals surface area (Å²) in [6, 6.07) is 8.93. The number of benzene rings is 2. The van der Waals surface area contributed by atoms with Gasteiger partial charge in [-0.05, 0) is 48.5 Å². The minimum Gasteiger partial charge on any atom is -0.508 e. The van der Waals surface area contributed by atoms with Crippen LogP contribution in [0.5, 0.6) is 17.2 Å². The molecule has 27 heavy (non-hydrogen) atoms. The highest BCUT2D eigenvalue weighted by Gasteiger charge is 2.17. The number of phenolic OH excluding ortho intramolecular Hbond substituents is 2. The van der Waals surface area contributed by atoms with Crippen molar-refractivity contribution in [2.75, 3.05) is 26.1 Å². The molecule has 0 aliphatic heterocycles. The molecule has 1 aromatic heterocycles. The molecule has 0 aliphatic carbocycles. The first kappa shape index (κ1) is 18.8. The van der Waals surface area contributed by atoms with Crippen molar-refractivity contribution < 1.29 is 14.9 Å². The monoisotopic (exact) mass is 385 g/mol. The normalized spacial score (nSPS) is 10.8. The first-order chi connectivity index (χ1) is 12.9. The molecule has 0 bridgehead atoms. The zero-order valence-electron chi connectivity index (χ0n) is 15.8. The standard InChI is InChI=1S/C20H23N3O3S/c1-5-12-8-14(18(25)10-17(12)24)16-11-21-20(27)23(16)13-6-7-19(26-4)15(9-13)22(2)3/h6-11,24-25H,5H2,1-4H3,(H,21,27). The lowest BCUT2D eigenvalue weighted by Gasteiger charge is -2.19. The predicted octanol–water partition coefficient (Wildman–Crippen LogP) is 4.25. The van der Waals surface area contributed by atoms with Crippen molar-refractivity contribution in [1.82, 2.24) is 9.55 Å². The van der Waals surface area contributed by atoms with Crippen molar-refractivity contribution in [2.45, 2.75) is 13.3 Å². The Morgan fingerprint density at radius 2 is 1.89 bits per heavy atom. The van der Waals surface area contributed by atoms with E-state index >= 15 is 0 Å². The van der Waals surface area contributed by atoms with Crippen LogP contribution in [0, 0.1) is 4.77 Å². The third-order valence-electron chi connectivity index (χ3n) is 4.53. The van der Waals surface area contributed by atoms with Crippen LogP contribution in [0.15, 0.2) is 36.5 Å². The van der Waals surface area contributed by atoms with Crippen LogP contribution in [0.4, 0.5) is 5.69 Å². The number of rotatable bonds is 5. The lowest BCUT2D eigenvalue weighted by atomic mass is 10.0. The van der Waals surface area contributed by atoms with Gasteiger partial charge in [-0.3, -0.25) is 4.57 Å². The summed E-state index contributed by atoms with van der Waals surface area (Å²) in [6.07, 6.45) is 2.41. The number of nitrogens with zero attached hydrogens (tertiary/aromatic N) is 2. The van der Waals surface area contributed by atoms with Gasteiger partial charge in [-0.25, -0.2) is 0 Å². The van der Waals surface area contributed by atoms with Crippen LogP contribution in [0.1, 0.15) is 12.5 Å². The van der Waals surface area contributed by atoms with Gasteiger partial charge in [0.1, 0.15) is 17.2 Å². The number of methoxy groups -OCH3 is 1. The second-order valence-corrected chi connectivity index (χ2v) is 6.80. The Morgan fingerprint density at radius 3 is 2.52 bits per heavy atom. The Morgan fingerprint density at radius 1 is 1.15 bits per heavy atom. The number of imidazole rings is 1. The minimum absolute atomic E-state index is 0.00575. The lowest BCUT2D eigenvalue weighted by molar-refractivity contribution is 0.415. The van der Waals surface area contributed by atoms with E-state index < -0.39 is 0 Å². The molecule has 0 fully saturated rings. The summed E-state index contributed by atoms with van der Waals surface area (Å²) in [5, 5.41) is 20.4. The van der Waals surface area contributed by atoms with E-state index in [1.807, 2.05) is 48.7 Å². The van der Waals surface area contributed by atoms with E-state index in [1.54, 1.807) is 19.4 Å². The summed E-state index contributed by atoms with van der Waals surface area (Å²) >= 11 is 5.49. The number of H-pyrrole nitrogens is 1. The maximum absolute atomic E-state index is 10.4. The molecule has 0 spiro atoms. The first-order valence-corrected chi connectivity index (χ1v) is 8.99. The molecule has 0 unspecified atom stereocenters. The van der Waals surface area contributed by atoms with E-state index in [2.05, 4.69) is 4.98 Å². The molecule has 0 aliphatic rings. The number of ether oxygens (including phenoxy) is 1. The molecule has 0 amide bonds. The Kier molecular flexibility index (Phi) is 5.14. The fraction of sp³-hybridized carbons (Fsp3) is 0.250. The molecule has 0 saturated heterocycles. The molecule has 3 rings (SSSR count). The van der Waals surface area contributed by atoms with E-state index in [1.165, 1.54) is 6.07 Å². The topological polar surface area (TPSA) is 73.7 Å². The van der Waals surface area contributed by atoms with E-state index in [4.69, 9.17) is 17.0 Å². The van der Waals surface area contributed by atoms with Gasteiger partial charge in [0.2, 0.25) is 0 Å². The number of nitrogens with one attached hydrogen (secondary N) is 1. The molecule has 0 radical (unpaired) electrons. The second kappa shape index (κ2) is 7.36. The van der Waals surface area contributed by atoms with E-state index in [0.29, 0.717) is 22.4 Å². The van der Waals surface area contributed by atoms with Gasteiger partial charge < -0.3 is 24.8 Å². The van der Waals surface area contributed by atoms with Gasteiger partial charge in [-0.2, -0.15) is 0 Å². The van der Waals surface area contributed by atoms with Crippen molar-refractivity contribution in [3.63, 3.8) is 0 Å². The third kappa shape index (κ3) is 3.38. The highest BCUT2D eigenvalue weighted by molar-refractivity contribution is 7.71. The summed E-state index contributed by atoms with van der Waals surface area (Å²) in [6.45, 7) is 1.95. The highest BCUT2D eigenvalue weighted by Crippen LogP contribution is 2.37. The molecule has 3 aromatic rings. The fourth-order valence-electron chi connectivity index (χ4n) is 3.10. The number of aryl methyl sites for hydroxylation is 1. The van der Waals surface area contributed by atoms with Crippen LogP contribution in [-0.4, -0.2) is 41.0 Å². The number of aromatic amines is 1. The maximum Gasteiger partial charge on any atom is 0.182 e. The molecule has 0 saturated carbocycles. The van der Waals surface area contributed by atoms with Crippen LogP contribution in [0.25, 0.3) is 16.9 Å².